The summed E-state index contributed by atoms with van der Waals surface area (Å²) in [4.78, 5) is 11.8. The summed E-state index contributed by atoms with van der Waals surface area (Å²) in [5.74, 6) is -0.100. The lowest BCUT2D eigenvalue weighted by Crippen LogP contribution is -2.37. The van der Waals surface area contributed by atoms with E-state index in [1.165, 1.54) is 24.3 Å². The molecule has 120 valence electrons. The van der Waals surface area contributed by atoms with E-state index in [1.807, 2.05) is 19.1 Å². The molecule has 23 heavy (non-hydrogen) atoms. The summed E-state index contributed by atoms with van der Waals surface area (Å²) in [5, 5.41) is 5.41. The average Bonchev–Trinajstić information content (AvgIpc) is 2.48. The Morgan fingerprint density at radius 2 is 1.96 bits per heavy atom. The predicted octanol–water partition coefficient (Wildman–Crippen LogP) is 3.79. The molecular formula is C16H14BrFN2O2S. The van der Waals surface area contributed by atoms with Crippen molar-refractivity contribution in [3.63, 3.8) is 0 Å². The first-order valence-electron chi connectivity index (χ1n) is 6.69. The fourth-order valence-corrected chi connectivity index (χ4v) is 2.48. The van der Waals surface area contributed by atoms with Crippen molar-refractivity contribution in [3.8, 4) is 5.75 Å². The number of nitrogens with one attached hydrogen (secondary N) is 2. The molecule has 0 aliphatic heterocycles. The molecule has 0 unspecified atom stereocenters. The number of halogens is 2. The summed E-state index contributed by atoms with van der Waals surface area (Å²) in [5.41, 5.74) is 1.50. The van der Waals surface area contributed by atoms with Gasteiger partial charge in [0.15, 0.2) is 11.7 Å². The second-order valence-electron chi connectivity index (χ2n) is 4.71. The Morgan fingerprint density at radius 1 is 1.26 bits per heavy atom. The van der Waals surface area contributed by atoms with Crippen LogP contribution in [0.1, 0.15) is 5.56 Å². The van der Waals surface area contributed by atoms with Crippen molar-refractivity contribution in [2.75, 3.05) is 11.9 Å². The lowest BCUT2D eigenvalue weighted by atomic mass is 10.2. The van der Waals surface area contributed by atoms with Crippen molar-refractivity contribution in [1.29, 1.82) is 0 Å². The van der Waals surface area contributed by atoms with Gasteiger partial charge in [-0.2, -0.15) is 0 Å². The van der Waals surface area contributed by atoms with Crippen molar-refractivity contribution in [3.05, 3.63) is 58.3 Å². The molecule has 0 bridgehead atoms. The van der Waals surface area contributed by atoms with Gasteiger partial charge in [-0.3, -0.25) is 10.1 Å². The number of carbonyl (C=O) groups is 1. The molecule has 2 aromatic carbocycles. The van der Waals surface area contributed by atoms with Gasteiger partial charge in [-0.05, 0) is 67.2 Å². The second kappa shape index (κ2) is 8.03. The van der Waals surface area contributed by atoms with Gasteiger partial charge in [-0.1, -0.05) is 15.9 Å². The van der Waals surface area contributed by atoms with Crippen LogP contribution in [0.25, 0.3) is 0 Å². The molecule has 0 radical (unpaired) electrons. The third-order valence-electron chi connectivity index (χ3n) is 2.85. The molecule has 0 aliphatic rings. The van der Waals surface area contributed by atoms with Gasteiger partial charge < -0.3 is 10.1 Å². The minimum atomic E-state index is -0.382. The van der Waals surface area contributed by atoms with Crippen LogP contribution in [0.2, 0.25) is 0 Å². The van der Waals surface area contributed by atoms with E-state index in [2.05, 4.69) is 26.6 Å². The van der Waals surface area contributed by atoms with E-state index in [-0.39, 0.29) is 23.4 Å². The topological polar surface area (TPSA) is 50.4 Å². The maximum Gasteiger partial charge on any atom is 0.264 e. The quantitative estimate of drug-likeness (QED) is 0.771. The van der Waals surface area contributed by atoms with Crippen molar-refractivity contribution >= 4 is 44.9 Å². The molecule has 0 heterocycles. The van der Waals surface area contributed by atoms with Crippen LogP contribution in [0, 0.1) is 12.7 Å². The zero-order valence-electron chi connectivity index (χ0n) is 12.2. The summed E-state index contributed by atoms with van der Waals surface area (Å²) in [6, 6.07) is 11.2. The maximum atomic E-state index is 12.8. The Kier molecular flexibility index (Phi) is 6.06. The van der Waals surface area contributed by atoms with Gasteiger partial charge in [0.05, 0.1) is 0 Å². The van der Waals surface area contributed by atoms with Gasteiger partial charge in [-0.25, -0.2) is 4.39 Å². The van der Waals surface area contributed by atoms with Gasteiger partial charge >= 0.3 is 0 Å². The molecule has 0 saturated carbocycles. The van der Waals surface area contributed by atoms with Gasteiger partial charge in [-0.15, -0.1) is 0 Å². The van der Waals surface area contributed by atoms with Gasteiger partial charge in [0, 0.05) is 10.2 Å². The minimum Gasteiger partial charge on any atom is -0.483 e. The zero-order chi connectivity index (χ0) is 16.8. The largest absolute Gasteiger partial charge is 0.483 e. The monoisotopic (exact) mass is 396 g/mol. The first-order chi connectivity index (χ1) is 10.9. The van der Waals surface area contributed by atoms with Crippen molar-refractivity contribution in [2.24, 2.45) is 0 Å². The smallest absolute Gasteiger partial charge is 0.264 e. The van der Waals surface area contributed by atoms with E-state index >= 15 is 0 Å². The van der Waals surface area contributed by atoms with E-state index < -0.39 is 0 Å². The highest BCUT2D eigenvalue weighted by molar-refractivity contribution is 9.10. The normalized spacial score (nSPS) is 10.0. The third kappa shape index (κ3) is 5.61. The molecule has 2 N–H and O–H groups in total. The zero-order valence-corrected chi connectivity index (χ0v) is 14.6. The summed E-state index contributed by atoms with van der Waals surface area (Å²) in [6.45, 7) is 1.73. The third-order valence-corrected chi connectivity index (χ3v) is 3.55. The van der Waals surface area contributed by atoms with Gasteiger partial charge in [0.1, 0.15) is 11.6 Å². The number of ether oxygens (including phenoxy) is 1. The second-order valence-corrected chi connectivity index (χ2v) is 6.03. The number of anilines is 1. The van der Waals surface area contributed by atoms with Crippen LogP contribution in [0.15, 0.2) is 46.9 Å². The fourth-order valence-electron chi connectivity index (χ4n) is 1.78. The number of amides is 1. The summed E-state index contributed by atoms with van der Waals surface area (Å²) < 4.78 is 19.2. The molecule has 2 rings (SSSR count). The number of hydrogen-bond donors (Lipinski definition) is 2. The van der Waals surface area contributed by atoms with Crippen molar-refractivity contribution < 1.29 is 13.9 Å². The summed E-state index contributed by atoms with van der Waals surface area (Å²) >= 11 is 8.38. The standard InChI is InChI=1S/C16H14BrFN2O2S/c1-10-8-11(17)2-7-14(10)22-9-15(21)20-16(23)19-13-5-3-12(18)4-6-13/h2-8H,9H2,1H3,(H2,19,20,21,23). The molecule has 1 amide bonds. The first kappa shape index (κ1) is 17.4. The van der Waals surface area contributed by atoms with E-state index in [9.17, 15) is 9.18 Å². The molecule has 2 aromatic rings. The molecule has 0 fully saturated rings. The minimum absolute atomic E-state index is 0.123. The van der Waals surface area contributed by atoms with Crippen LogP contribution < -0.4 is 15.4 Å². The Morgan fingerprint density at radius 3 is 2.61 bits per heavy atom. The summed E-state index contributed by atoms with van der Waals surface area (Å²) in [6.07, 6.45) is 0. The number of benzene rings is 2. The molecule has 0 aliphatic carbocycles. The highest BCUT2D eigenvalue weighted by atomic mass is 79.9. The molecule has 0 saturated heterocycles. The maximum absolute atomic E-state index is 12.8. The molecule has 7 heteroatoms. The van der Waals surface area contributed by atoms with Gasteiger partial charge in [0.25, 0.3) is 5.91 Å². The number of thiocarbonyl (C=S) groups is 1. The van der Waals surface area contributed by atoms with E-state index in [0.717, 1.165) is 10.0 Å². The Labute approximate surface area is 147 Å². The first-order valence-corrected chi connectivity index (χ1v) is 7.89. The number of hydrogen-bond acceptors (Lipinski definition) is 3. The SMILES string of the molecule is Cc1cc(Br)ccc1OCC(=O)NC(=S)Nc1ccc(F)cc1. The number of aryl methyl sites for hydroxylation is 1. The van der Waals surface area contributed by atoms with Crippen LogP contribution in [0.4, 0.5) is 10.1 Å². The van der Waals surface area contributed by atoms with E-state index in [1.54, 1.807) is 6.07 Å². The Balaban J connectivity index is 1.82. The van der Waals surface area contributed by atoms with Crippen LogP contribution in [-0.2, 0) is 4.79 Å². The average molecular weight is 397 g/mol. The molecule has 0 spiro atoms. The highest BCUT2D eigenvalue weighted by Gasteiger charge is 2.07. The van der Waals surface area contributed by atoms with E-state index in [4.69, 9.17) is 17.0 Å². The van der Waals surface area contributed by atoms with Crippen molar-refractivity contribution in [2.45, 2.75) is 6.92 Å². The molecule has 4 nitrogen and oxygen atoms in total. The van der Waals surface area contributed by atoms with Crippen LogP contribution in [-0.4, -0.2) is 17.6 Å². The van der Waals surface area contributed by atoms with Gasteiger partial charge in [0.2, 0.25) is 0 Å². The highest BCUT2D eigenvalue weighted by Crippen LogP contribution is 2.21. The van der Waals surface area contributed by atoms with Crippen LogP contribution in [0.3, 0.4) is 0 Å². The lowest BCUT2D eigenvalue weighted by molar-refractivity contribution is -0.121. The number of rotatable bonds is 4. The van der Waals surface area contributed by atoms with Crippen LogP contribution in [0.5, 0.6) is 5.75 Å². The Hall–Kier alpha value is -1.99. The van der Waals surface area contributed by atoms with E-state index in [0.29, 0.717) is 11.4 Å². The fraction of sp³-hybridized carbons (Fsp3) is 0.125. The van der Waals surface area contributed by atoms with Crippen LogP contribution >= 0.6 is 28.1 Å². The lowest BCUT2D eigenvalue weighted by Gasteiger charge is -2.11. The molecule has 0 aromatic heterocycles. The molecule has 0 atom stereocenters. The molecular weight excluding hydrogens is 383 g/mol. The predicted molar refractivity (Wildman–Crippen MR) is 95.1 cm³/mol. The summed E-state index contributed by atoms with van der Waals surface area (Å²) in [7, 11) is 0. The van der Waals surface area contributed by atoms with Crippen molar-refractivity contribution in [1.82, 2.24) is 5.32 Å². The Bertz CT molecular complexity index is 723. The number of carbonyl (C=O) groups excluding carboxylic acids is 1.